The Morgan fingerprint density at radius 1 is 1.00 bits per heavy atom. The molecular weight excluding hydrogens is 476 g/mol. The first-order valence-corrected chi connectivity index (χ1v) is 13.0. The molecule has 0 spiro atoms. The van der Waals surface area contributed by atoms with Crippen LogP contribution in [0.5, 0.6) is 5.75 Å². The molecule has 0 saturated carbocycles. The number of imidazole rings is 1. The molecule has 3 aromatic carbocycles. The van der Waals surface area contributed by atoms with Gasteiger partial charge in [0.15, 0.2) is 0 Å². The van der Waals surface area contributed by atoms with Crippen LogP contribution in [0.2, 0.25) is 0 Å². The minimum absolute atomic E-state index is 0.0727. The van der Waals surface area contributed by atoms with Gasteiger partial charge in [0.25, 0.3) is 10.0 Å². The Hall–Kier alpha value is -4.11. The van der Waals surface area contributed by atoms with Gasteiger partial charge in [0.05, 0.1) is 22.9 Å². The standard InChI is InChI=1S/C27H28N4O4S/c1-3-35-24-13-15-25(16-14-24)36(33,34)31(23-10-5-4-6-11-23)20-27(32)29-19-22-9-7-8-12-26(22)30-18-17-28-21(30)2/h4-18H,3,19-20H2,1-2H3,(H,29,32). The second-order valence-electron chi connectivity index (χ2n) is 8.00. The zero-order valence-corrected chi connectivity index (χ0v) is 21.0. The van der Waals surface area contributed by atoms with Crippen LogP contribution in [0.15, 0.2) is 96.2 Å². The Morgan fingerprint density at radius 2 is 1.69 bits per heavy atom. The number of carbonyl (C=O) groups excluding carboxylic acids is 1. The van der Waals surface area contributed by atoms with Gasteiger partial charge in [-0.1, -0.05) is 36.4 Å². The van der Waals surface area contributed by atoms with Crippen LogP contribution in [0.3, 0.4) is 0 Å². The van der Waals surface area contributed by atoms with E-state index in [2.05, 4.69) is 10.3 Å². The maximum atomic E-state index is 13.6. The smallest absolute Gasteiger partial charge is 0.264 e. The Kier molecular flexibility index (Phi) is 7.70. The molecule has 1 heterocycles. The number of nitrogens with one attached hydrogen (secondary N) is 1. The summed E-state index contributed by atoms with van der Waals surface area (Å²) in [5.74, 6) is 0.975. The van der Waals surface area contributed by atoms with Crippen molar-refractivity contribution < 1.29 is 17.9 Å². The van der Waals surface area contributed by atoms with E-state index in [1.54, 1.807) is 48.7 Å². The van der Waals surface area contributed by atoms with Gasteiger partial charge in [-0.25, -0.2) is 13.4 Å². The van der Waals surface area contributed by atoms with Gasteiger partial charge in [0, 0.05) is 18.9 Å². The number of rotatable bonds is 10. The lowest BCUT2D eigenvalue weighted by molar-refractivity contribution is -0.119. The van der Waals surface area contributed by atoms with E-state index in [9.17, 15) is 13.2 Å². The first kappa shape index (κ1) is 25.0. The summed E-state index contributed by atoms with van der Waals surface area (Å²) in [5.41, 5.74) is 2.18. The lowest BCUT2D eigenvalue weighted by Crippen LogP contribution is -2.40. The summed E-state index contributed by atoms with van der Waals surface area (Å²) in [6.45, 7) is 4.10. The number of ether oxygens (including phenoxy) is 1. The number of sulfonamides is 1. The second kappa shape index (κ2) is 11.1. The summed E-state index contributed by atoms with van der Waals surface area (Å²) in [6.07, 6.45) is 3.57. The number of amides is 1. The largest absolute Gasteiger partial charge is 0.494 e. The fraction of sp³-hybridized carbons (Fsp3) is 0.185. The highest BCUT2D eigenvalue weighted by Crippen LogP contribution is 2.25. The van der Waals surface area contributed by atoms with E-state index in [1.165, 1.54) is 12.1 Å². The number of hydrogen-bond acceptors (Lipinski definition) is 5. The topological polar surface area (TPSA) is 93.5 Å². The van der Waals surface area contributed by atoms with Gasteiger partial charge < -0.3 is 14.6 Å². The molecule has 1 N–H and O–H groups in total. The molecule has 9 heteroatoms. The van der Waals surface area contributed by atoms with E-state index in [-0.39, 0.29) is 18.0 Å². The third-order valence-electron chi connectivity index (χ3n) is 5.61. The first-order valence-electron chi connectivity index (χ1n) is 11.6. The Morgan fingerprint density at radius 3 is 2.36 bits per heavy atom. The molecule has 0 aliphatic heterocycles. The van der Waals surface area contributed by atoms with Crippen molar-refractivity contribution in [3.8, 4) is 11.4 Å². The Labute approximate surface area is 211 Å². The van der Waals surface area contributed by atoms with Gasteiger partial charge >= 0.3 is 0 Å². The summed E-state index contributed by atoms with van der Waals surface area (Å²) in [5, 5.41) is 2.87. The molecular formula is C27H28N4O4S. The fourth-order valence-electron chi connectivity index (χ4n) is 3.82. The minimum Gasteiger partial charge on any atom is -0.494 e. The Balaban J connectivity index is 1.55. The van der Waals surface area contributed by atoms with Gasteiger partial charge in [0.2, 0.25) is 5.91 Å². The van der Waals surface area contributed by atoms with Crippen LogP contribution in [0.4, 0.5) is 5.69 Å². The number of anilines is 1. The van der Waals surface area contributed by atoms with Crippen molar-refractivity contribution in [2.75, 3.05) is 17.5 Å². The third-order valence-corrected chi connectivity index (χ3v) is 7.40. The number of carbonyl (C=O) groups is 1. The molecule has 0 saturated heterocycles. The maximum absolute atomic E-state index is 13.6. The normalized spacial score (nSPS) is 11.2. The van der Waals surface area contributed by atoms with E-state index in [4.69, 9.17) is 4.74 Å². The van der Waals surface area contributed by atoms with Crippen LogP contribution in [0, 0.1) is 6.92 Å². The highest BCUT2D eigenvalue weighted by molar-refractivity contribution is 7.92. The summed E-state index contributed by atoms with van der Waals surface area (Å²) in [6, 6.07) is 22.4. The van der Waals surface area contributed by atoms with Crippen LogP contribution in [0.1, 0.15) is 18.3 Å². The molecule has 0 atom stereocenters. The second-order valence-corrected chi connectivity index (χ2v) is 9.86. The van der Waals surface area contributed by atoms with Crippen molar-refractivity contribution in [1.82, 2.24) is 14.9 Å². The molecule has 0 unspecified atom stereocenters. The summed E-state index contributed by atoms with van der Waals surface area (Å²) in [4.78, 5) is 17.4. The minimum atomic E-state index is -4.01. The molecule has 0 radical (unpaired) electrons. The number of aromatic nitrogens is 2. The van der Waals surface area contributed by atoms with E-state index < -0.39 is 15.9 Å². The summed E-state index contributed by atoms with van der Waals surface area (Å²) in [7, 11) is -4.01. The van der Waals surface area contributed by atoms with E-state index in [1.807, 2.05) is 48.9 Å². The van der Waals surface area contributed by atoms with Crippen LogP contribution in [-0.2, 0) is 21.4 Å². The van der Waals surface area contributed by atoms with Crippen molar-refractivity contribution >= 4 is 21.6 Å². The maximum Gasteiger partial charge on any atom is 0.264 e. The molecule has 0 aliphatic rings. The van der Waals surface area contributed by atoms with Gasteiger partial charge in [-0.2, -0.15) is 0 Å². The molecule has 36 heavy (non-hydrogen) atoms. The molecule has 8 nitrogen and oxygen atoms in total. The fourth-order valence-corrected chi connectivity index (χ4v) is 5.24. The summed E-state index contributed by atoms with van der Waals surface area (Å²) >= 11 is 0. The SMILES string of the molecule is CCOc1ccc(S(=O)(=O)N(CC(=O)NCc2ccccc2-n2ccnc2C)c2ccccc2)cc1. The number of benzene rings is 3. The van der Waals surface area contributed by atoms with E-state index in [0.717, 1.165) is 21.4 Å². The predicted octanol–water partition coefficient (Wildman–Crippen LogP) is 4.09. The molecule has 4 rings (SSSR count). The molecule has 0 bridgehead atoms. The van der Waals surface area contributed by atoms with E-state index in [0.29, 0.717) is 18.0 Å². The predicted molar refractivity (Wildman–Crippen MR) is 139 cm³/mol. The van der Waals surface area contributed by atoms with Crippen molar-refractivity contribution in [2.45, 2.75) is 25.3 Å². The zero-order chi connectivity index (χ0) is 25.5. The van der Waals surface area contributed by atoms with Crippen LogP contribution < -0.4 is 14.4 Å². The van der Waals surface area contributed by atoms with E-state index >= 15 is 0 Å². The van der Waals surface area contributed by atoms with Gasteiger partial charge in [-0.15, -0.1) is 0 Å². The average molecular weight is 505 g/mol. The zero-order valence-electron chi connectivity index (χ0n) is 20.2. The van der Waals surface area contributed by atoms with Crippen molar-refractivity contribution in [3.05, 3.63) is 103 Å². The van der Waals surface area contributed by atoms with Crippen molar-refractivity contribution in [3.63, 3.8) is 0 Å². The van der Waals surface area contributed by atoms with Crippen LogP contribution >= 0.6 is 0 Å². The molecule has 0 fully saturated rings. The molecule has 1 aromatic heterocycles. The number of nitrogens with zero attached hydrogens (tertiary/aromatic N) is 3. The first-order chi connectivity index (χ1) is 17.4. The van der Waals surface area contributed by atoms with Gasteiger partial charge in [0.1, 0.15) is 18.1 Å². The number of aryl methyl sites for hydroxylation is 1. The monoisotopic (exact) mass is 504 g/mol. The van der Waals surface area contributed by atoms with Crippen LogP contribution in [-0.4, -0.2) is 37.0 Å². The summed E-state index contributed by atoms with van der Waals surface area (Å²) < 4.78 is 35.6. The number of para-hydroxylation sites is 2. The third kappa shape index (κ3) is 5.58. The lowest BCUT2D eigenvalue weighted by atomic mass is 10.1. The highest BCUT2D eigenvalue weighted by Gasteiger charge is 2.27. The average Bonchev–Trinajstić information content (AvgIpc) is 3.32. The van der Waals surface area contributed by atoms with Gasteiger partial charge in [-0.3, -0.25) is 9.10 Å². The molecule has 0 aliphatic carbocycles. The van der Waals surface area contributed by atoms with Crippen molar-refractivity contribution in [1.29, 1.82) is 0 Å². The van der Waals surface area contributed by atoms with Gasteiger partial charge in [-0.05, 0) is 61.9 Å². The quantitative estimate of drug-likeness (QED) is 0.351. The highest BCUT2D eigenvalue weighted by atomic mass is 32.2. The lowest BCUT2D eigenvalue weighted by Gasteiger charge is -2.24. The number of hydrogen-bond donors (Lipinski definition) is 1. The van der Waals surface area contributed by atoms with Crippen LogP contribution in [0.25, 0.3) is 5.69 Å². The Bertz CT molecular complexity index is 1420. The van der Waals surface area contributed by atoms with Crippen molar-refractivity contribution in [2.24, 2.45) is 0 Å². The molecule has 4 aromatic rings. The molecule has 1 amide bonds. The molecule has 186 valence electrons.